The topological polar surface area (TPSA) is 23.6 Å². The van der Waals surface area contributed by atoms with E-state index in [4.69, 9.17) is 0 Å². The Morgan fingerprint density at radius 1 is 1.03 bits per heavy atom. The van der Waals surface area contributed by atoms with Crippen LogP contribution in [0.5, 0.6) is 0 Å². The van der Waals surface area contributed by atoms with Gasteiger partial charge in [0.1, 0.15) is 5.82 Å². The summed E-state index contributed by atoms with van der Waals surface area (Å²) in [5, 5.41) is 0. The first-order valence-electron chi connectivity index (χ1n) is 11.3. The predicted molar refractivity (Wildman–Crippen MR) is 117 cm³/mol. The highest BCUT2D eigenvalue weighted by molar-refractivity contribution is 5.83. The van der Waals surface area contributed by atoms with E-state index in [1.165, 1.54) is 37.8 Å². The molecule has 1 amide bonds. The molecule has 4 heteroatoms. The summed E-state index contributed by atoms with van der Waals surface area (Å²) in [4.78, 5) is 18.4. The maximum Gasteiger partial charge on any atom is 0.240 e. The van der Waals surface area contributed by atoms with Crippen molar-refractivity contribution in [2.24, 2.45) is 11.8 Å². The van der Waals surface area contributed by atoms with Crippen LogP contribution in [0, 0.1) is 17.7 Å². The second kappa shape index (κ2) is 8.37. The monoisotopic (exact) mass is 402 g/mol. The number of halogens is 1. The average Bonchev–Trinajstić information content (AvgIpc) is 2.64. The first kappa shape index (κ1) is 22.3. The Labute approximate surface area is 176 Å². The van der Waals surface area contributed by atoms with E-state index >= 15 is 0 Å². The fourth-order valence-corrected chi connectivity index (χ4v) is 5.20. The molecule has 1 aromatic carbocycles. The Morgan fingerprint density at radius 2 is 1.62 bits per heavy atom. The Balaban J connectivity index is 1.88. The lowest BCUT2D eigenvalue weighted by molar-refractivity contribution is -0.150. The highest BCUT2D eigenvalue weighted by Crippen LogP contribution is 2.41. The molecule has 1 aromatic rings. The molecule has 0 aromatic heterocycles. The zero-order chi connectivity index (χ0) is 21.4. The first-order valence-corrected chi connectivity index (χ1v) is 11.3. The highest BCUT2D eigenvalue weighted by Gasteiger charge is 2.46. The fourth-order valence-electron chi connectivity index (χ4n) is 5.20. The van der Waals surface area contributed by atoms with E-state index in [0.29, 0.717) is 12.5 Å². The summed E-state index contributed by atoms with van der Waals surface area (Å²) in [5.41, 5.74) is 0.643. The van der Waals surface area contributed by atoms with Crippen molar-refractivity contribution in [3.8, 4) is 0 Å². The van der Waals surface area contributed by atoms with Gasteiger partial charge in [0, 0.05) is 24.2 Å². The first-order chi connectivity index (χ1) is 13.5. The molecule has 0 spiro atoms. The number of carbonyl (C=O) groups excluding carboxylic acids is 1. The van der Waals surface area contributed by atoms with E-state index in [1.54, 1.807) is 12.1 Å². The lowest BCUT2D eigenvalue weighted by Crippen LogP contribution is -2.62. The van der Waals surface area contributed by atoms with Gasteiger partial charge in [-0.15, -0.1) is 0 Å². The molecule has 3 rings (SSSR count). The van der Waals surface area contributed by atoms with Crippen molar-refractivity contribution >= 4 is 5.91 Å². The third kappa shape index (κ3) is 5.20. The summed E-state index contributed by atoms with van der Waals surface area (Å²) >= 11 is 0. The largest absolute Gasteiger partial charge is 0.332 e. The molecule has 0 bridgehead atoms. The maximum absolute atomic E-state index is 14.0. The molecule has 29 heavy (non-hydrogen) atoms. The van der Waals surface area contributed by atoms with Crippen molar-refractivity contribution in [1.82, 2.24) is 9.80 Å². The molecule has 1 aliphatic carbocycles. The van der Waals surface area contributed by atoms with Crippen LogP contribution in [-0.4, -0.2) is 39.4 Å². The van der Waals surface area contributed by atoms with Crippen molar-refractivity contribution < 1.29 is 9.18 Å². The van der Waals surface area contributed by atoms with Crippen molar-refractivity contribution in [2.45, 2.75) is 97.3 Å². The summed E-state index contributed by atoms with van der Waals surface area (Å²) in [7, 11) is 0. The maximum atomic E-state index is 14.0. The minimum absolute atomic E-state index is 0.0395. The van der Waals surface area contributed by atoms with Crippen LogP contribution in [0.2, 0.25) is 0 Å². The predicted octanol–water partition coefficient (Wildman–Crippen LogP) is 5.63. The summed E-state index contributed by atoms with van der Waals surface area (Å²) in [6, 6.07) is 6.47. The third-order valence-electron chi connectivity index (χ3n) is 6.88. The minimum atomic E-state index is -0.293. The van der Waals surface area contributed by atoms with Crippen molar-refractivity contribution in [3.63, 3.8) is 0 Å². The van der Waals surface area contributed by atoms with E-state index in [9.17, 15) is 9.18 Å². The van der Waals surface area contributed by atoms with Gasteiger partial charge in [-0.2, -0.15) is 0 Å². The van der Waals surface area contributed by atoms with E-state index in [-0.39, 0.29) is 28.8 Å². The second-order valence-electron chi connectivity index (χ2n) is 11.1. The number of nitrogens with zero attached hydrogens (tertiary/aromatic N) is 2. The van der Waals surface area contributed by atoms with Crippen LogP contribution < -0.4 is 0 Å². The lowest BCUT2D eigenvalue weighted by atomic mass is 9.71. The van der Waals surface area contributed by atoms with Crippen LogP contribution >= 0.6 is 0 Å². The molecule has 1 saturated heterocycles. The Bertz CT molecular complexity index is 701. The molecule has 0 N–H and O–H groups in total. The number of hydrogen-bond acceptors (Lipinski definition) is 2. The third-order valence-corrected chi connectivity index (χ3v) is 6.88. The normalized spacial score (nSPS) is 26.1. The van der Waals surface area contributed by atoms with Gasteiger partial charge in [0.2, 0.25) is 5.91 Å². The van der Waals surface area contributed by atoms with Crippen LogP contribution in [0.3, 0.4) is 0 Å². The molecular weight excluding hydrogens is 363 g/mol. The number of amides is 1. The van der Waals surface area contributed by atoms with Gasteiger partial charge in [-0.25, -0.2) is 4.39 Å². The van der Waals surface area contributed by atoms with Crippen molar-refractivity contribution in [1.29, 1.82) is 0 Å². The van der Waals surface area contributed by atoms with Crippen LogP contribution in [0.4, 0.5) is 4.39 Å². The van der Waals surface area contributed by atoms with Gasteiger partial charge in [0.05, 0.1) is 6.04 Å². The van der Waals surface area contributed by atoms with Gasteiger partial charge in [0.15, 0.2) is 0 Å². The van der Waals surface area contributed by atoms with E-state index < -0.39 is 0 Å². The summed E-state index contributed by atoms with van der Waals surface area (Å²) in [6.07, 6.45) is 6.17. The van der Waals surface area contributed by atoms with Crippen molar-refractivity contribution in [3.05, 3.63) is 35.6 Å². The number of benzene rings is 1. The molecule has 1 saturated carbocycles. The average molecular weight is 403 g/mol. The van der Waals surface area contributed by atoms with Gasteiger partial charge in [-0.3, -0.25) is 9.69 Å². The van der Waals surface area contributed by atoms with Crippen LogP contribution in [0.25, 0.3) is 0 Å². The molecule has 3 atom stereocenters. The van der Waals surface area contributed by atoms with E-state index in [0.717, 1.165) is 24.4 Å². The summed E-state index contributed by atoms with van der Waals surface area (Å²) in [5.74, 6) is 1.38. The van der Waals surface area contributed by atoms with E-state index in [1.807, 2.05) is 4.90 Å². The quantitative estimate of drug-likeness (QED) is 0.654. The molecule has 1 heterocycles. The number of hydrogen-bond donors (Lipinski definition) is 0. The Hall–Kier alpha value is -1.42. The molecule has 3 unspecified atom stereocenters. The standard InChI is InChI=1S/C25H39FN2O/c1-24(2,3)27-17-20-10-8-7-9-19(20)15-22(27)23(29)28(25(4,5)6)16-18-11-13-21(26)14-12-18/h11-14,19-20,22H,7-10,15-17H2,1-6H3. The van der Waals surface area contributed by atoms with E-state index in [2.05, 4.69) is 46.4 Å². The number of fused-ring (bicyclic) bond motifs is 1. The molecule has 2 aliphatic rings. The zero-order valence-electron chi connectivity index (χ0n) is 19.2. The molecular formula is C25H39FN2O. The number of likely N-dealkylation sites (tertiary alicyclic amines) is 1. The molecule has 0 radical (unpaired) electrons. The van der Waals surface area contributed by atoms with Gasteiger partial charge >= 0.3 is 0 Å². The fraction of sp³-hybridized carbons (Fsp3) is 0.720. The van der Waals surface area contributed by atoms with Crippen molar-refractivity contribution in [2.75, 3.05) is 6.54 Å². The summed E-state index contributed by atoms with van der Waals surface area (Å²) in [6.45, 7) is 14.5. The SMILES string of the molecule is CC(C)(C)N(Cc1ccc(F)cc1)C(=O)C1CC2CCCCC2CN1C(C)(C)C. The van der Waals surface area contributed by atoms with Gasteiger partial charge in [0.25, 0.3) is 0 Å². The minimum Gasteiger partial charge on any atom is -0.332 e. The smallest absolute Gasteiger partial charge is 0.240 e. The van der Waals surface area contributed by atoms with Gasteiger partial charge in [-0.05, 0) is 83.9 Å². The lowest BCUT2D eigenvalue weighted by Gasteiger charge is -2.52. The van der Waals surface area contributed by atoms with Crippen LogP contribution in [0.1, 0.15) is 79.2 Å². The molecule has 3 nitrogen and oxygen atoms in total. The number of rotatable bonds is 3. The van der Waals surface area contributed by atoms with Crippen LogP contribution in [0.15, 0.2) is 24.3 Å². The van der Waals surface area contributed by atoms with Crippen LogP contribution in [-0.2, 0) is 11.3 Å². The van der Waals surface area contributed by atoms with Gasteiger partial charge < -0.3 is 4.90 Å². The zero-order valence-corrected chi connectivity index (χ0v) is 19.2. The second-order valence-corrected chi connectivity index (χ2v) is 11.1. The number of carbonyl (C=O) groups is 1. The molecule has 1 aliphatic heterocycles. The Kier molecular flexibility index (Phi) is 6.43. The number of piperidine rings is 1. The molecule has 2 fully saturated rings. The van der Waals surface area contributed by atoms with Gasteiger partial charge in [-0.1, -0.05) is 31.4 Å². The molecule has 162 valence electrons. The highest BCUT2D eigenvalue weighted by atomic mass is 19.1. The Morgan fingerprint density at radius 3 is 2.17 bits per heavy atom. The summed E-state index contributed by atoms with van der Waals surface area (Å²) < 4.78 is 13.4.